The van der Waals surface area contributed by atoms with Gasteiger partial charge in [-0.3, -0.25) is 4.79 Å². The molecular weight excluding hydrogens is 481 g/mol. The van der Waals surface area contributed by atoms with Gasteiger partial charge in [-0.2, -0.15) is 0 Å². The highest BCUT2D eigenvalue weighted by Gasteiger charge is 2.42. The van der Waals surface area contributed by atoms with Gasteiger partial charge in [0.1, 0.15) is 11.9 Å². The van der Waals surface area contributed by atoms with E-state index < -0.39 is 39.6 Å². The maximum Gasteiger partial charge on any atom is 0.326 e. The Bertz CT molecular complexity index is 1390. The van der Waals surface area contributed by atoms with Gasteiger partial charge in [-0.25, -0.2) is 17.6 Å². The van der Waals surface area contributed by atoms with Crippen LogP contribution in [0.25, 0.3) is 11.1 Å². The van der Waals surface area contributed by atoms with Crippen molar-refractivity contribution >= 4 is 33.3 Å². The van der Waals surface area contributed by atoms with Crippen molar-refractivity contribution in [2.45, 2.75) is 29.8 Å². The molecule has 1 aliphatic rings. The molecule has 1 aliphatic heterocycles. The highest BCUT2D eigenvalue weighted by molar-refractivity contribution is 7.90. The van der Waals surface area contributed by atoms with Crippen LogP contribution in [0, 0.1) is 5.82 Å². The molecule has 0 saturated carbocycles. The van der Waals surface area contributed by atoms with Gasteiger partial charge in [-0.1, -0.05) is 48.0 Å². The van der Waals surface area contributed by atoms with Crippen LogP contribution in [-0.4, -0.2) is 42.6 Å². The Labute approximate surface area is 201 Å². The number of rotatable bonds is 5. The standard InChI is InChI=1S/C25H21ClFNO5S/c1-34(32,33)17-6-4-5-15(13-17)18-10-9-16(14-21(18)27)24(29)28-22(11-12-23(28)25(30)31)19-7-2-3-8-20(19)26/h2-10,13-14,22-23H,11-12H2,1H3,(H,30,31)/t22-,23+/m1/s1. The van der Waals surface area contributed by atoms with Crippen molar-refractivity contribution in [3.63, 3.8) is 0 Å². The van der Waals surface area contributed by atoms with Crippen LogP contribution in [0.2, 0.25) is 5.02 Å². The van der Waals surface area contributed by atoms with E-state index in [0.717, 1.165) is 12.3 Å². The molecule has 176 valence electrons. The highest BCUT2D eigenvalue weighted by atomic mass is 35.5. The smallest absolute Gasteiger partial charge is 0.326 e. The third-order valence-corrected chi connectivity index (χ3v) is 7.41. The van der Waals surface area contributed by atoms with Crippen molar-refractivity contribution in [2.75, 3.05) is 6.26 Å². The van der Waals surface area contributed by atoms with E-state index in [2.05, 4.69) is 0 Å². The quantitative estimate of drug-likeness (QED) is 0.532. The summed E-state index contributed by atoms with van der Waals surface area (Å²) in [4.78, 5) is 26.6. The lowest BCUT2D eigenvalue weighted by Crippen LogP contribution is -2.42. The number of hydrogen-bond donors (Lipinski definition) is 1. The Morgan fingerprint density at radius 3 is 2.41 bits per heavy atom. The first-order valence-corrected chi connectivity index (χ1v) is 12.7. The molecule has 6 nitrogen and oxygen atoms in total. The van der Waals surface area contributed by atoms with Gasteiger partial charge in [0, 0.05) is 22.4 Å². The van der Waals surface area contributed by atoms with E-state index in [1.165, 1.54) is 35.2 Å². The fourth-order valence-corrected chi connectivity index (χ4v) is 5.24. The molecule has 1 fully saturated rings. The second-order valence-electron chi connectivity index (χ2n) is 8.18. The minimum atomic E-state index is -3.48. The van der Waals surface area contributed by atoms with Crippen LogP contribution in [0.3, 0.4) is 0 Å². The molecule has 9 heteroatoms. The van der Waals surface area contributed by atoms with Crippen molar-refractivity contribution in [1.82, 2.24) is 4.90 Å². The van der Waals surface area contributed by atoms with E-state index in [9.17, 15) is 23.1 Å². The van der Waals surface area contributed by atoms with Gasteiger partial charge in [0.05, 0.1) is 10.9 Å². The Morgan fingerprint density at radius 2 is 1.76 bits per heavy atom. The number of benzene rings is 3. The number of aliphatic carboxylic acids is 1. The number of likely N-dealkylation sites (tertiary alicyclic amines) is 1. The molecule has 1 heterocycles. The number of carbonyl (C=O) groups is 2. The van der Waals surface area contributed by atoms with Gasteiger partial charge >= 0.3 is 5.97 Å². The molecule has 3 aromatic rings. The number of amides is 1. The topological polar surface area (TPSA) is 91.8 Å². The normalized spacial score (nSPS) is 18.1. The summed E-state index contributed by atoms with van der Waals surface area (Å²) in [7, 11) is -3.48. The van der Waals surface area contributed by atoms with Crippen LogP contribution >= 0.6 is 11.6 Å². The lowest BCUT2D eigenvalue weighted by atomic mass is 10.0. The first-order chi connectivity index (χ1) is 16.1. The first-order valence-electron chi connectivity index (χ1n) is 10.5. The zero-order valence-electron chi connectivity index (χ0n) is 18.1. The molecule has 34 heavy (non-hydrogen) atoms. The van der Waals surface area contributed by atoms with Crippen molar-refractivity contribution in [3.8, 4) is 11.1 Å². The molecule has 0 spiro atoms. The maximum absolute atomic E-state index is 15.1. The molecule has 3 aromatic carbocycles. The second kappa shape index (κ2) is 9.19. The summed E-state index contributed by atoms with van der Waals surface area (Å²) in [5.41, 5.74) is 1.10. The van der Waals surface area contributed by atoms with Crippen LogP contribution in [0.4, 0.5) is 4.39 Å². The fraction of sp³-hybridized carbons (Fsp3) is 0.200. The fourth-order valence-electron chi connectivity index (χ4n) is 4.31. The first kappa shape index (κ1) is 23.9. The maximum atomic E-state index is 15.1. The average molecular weight is 502 g/mol. The Balaban J connectivity index is 1.71. The number of halogens is 2. The zero-order chi connectivity index (χ0) is 24.6. The zero-order valence-corrected chi connectivity index (χ0v) is 19.7. The van der Waals surface area contributed by atoms with E-state index in [-0.39, 0.29) is 22.4 Å². The molecule has 1 saturated heterocycles. The minimum Gasteiger partial charge on any atom is -0.480 e. The number of carboxylic acids is 1. The molecule has 1 N–H and O–H groups in total. The predicted molar refractivity (Wildman–Crippen MR) is 126 cm³/mol. The lowest BCUT2D eigenvalue weighted by molar-refractivity contribution is -0.141. The van der Waals surface area contributed by atoms with Crippen LogP contribution < -0.4 is 0 Å². The predicted octanol–water partition coefficient (Wildman–Crippen LogP) is 4.98. The van der Waals surface area contributed by atoms with E-state index in [1.54, 1.807) is 30.3 Å². The summed E-state index contributed by atoms with van der Waals surface area (Å²) in [6.45, 7) is 0. The minimum absolute atomic E-state index is 0.00859. The summed E-state index contributed by atoms with van der Waals surface area (Å²) >= 11 is 6.32. The average Bonchev–Trinajstić information content (AvgIpc) is 3.23. The third kappa shape index (κ3) is 4.56. The molecule has 0 aliphatic carbocycles. The molecule has 0 unspecified atom stereocenters. The molecule has 4 rings (SSSR count). The van der Waals surface area contributed by atoms with Crippen LogP contribution in [0.5, 0.6) is 0 Å². The van der Waals surface area contributed by atoms with E-state index in [1.807, 2.05) is 0 Å². The van der Waals surface area contributed by atoms with Gasteiger partial charge in [-0.05, 0) is 54.3 Å². The van der Waals surface area contributed by atoms with Gasteiger partial charge in [0.2, 0.25) is 0 Å². The molecule has 0 bridgehead atoms. The number of sulfone groups is 1. The summed E-state index contributed by atoms with van der Waals surface area (Å²) < 4.78 is 38.8. The van der Waals surface area contributed by atoms with E-state index in [0.29, 0.717) is 22.6 Å². The summed E-state index contributed by atoms with van der Waals surface area (Å²) in [5.74, 6) is -2.49. The SMILES string of the molecule is CS(=O)(=O)c1cccc(-c2ccc(C(=O)N3[C@@H](c4ccccc4Cl)CC[C@H]3C(=O)O)cc2F)c1. The highest BCUT2D eigenvalue weighted by Crippen LogP contribution is 2.40. The third-order valence-electron chi connectivity index (χ3n) is 5.96. The molecule has 1 amide bonds. The van der Waals surface area contributed by atoms with Crippen LogP contribution in [-0.2, 0) is 14.6 Å². The van der Waals surface area contributed by atoms with Crippen molar-refractivity contribution < 1.29 is 27.5 Å². The van der Waals surface area contributed by atoms with Crippen molar-refractivity contribution in [1.29, 1.82) is 0 Å². The summed E-state index contributed by atoms with van der Waals surface area (Å²) in [5, 5.41) is 10.1. The van der Waals surface area contributed by atoms with Gasteiger partial charge in [0.15, 0.2) is 9.84 Å². The summed E-state index contributed by atoms with van der Waals surface area (Å²) in [6, 6.07) is 15.0. The van der Waals surface area contributed by atoms with Crippen LogP contribution in [0.1, 0.15) is 34.8 Å². The molecule has 2 atom stereocenters. The Hall–Kier alpha value is -3.23. The van der Waals surface area contributed by atoms with Crippen molar-refractivity contribution in [3.05, 3.63) is 88.7 Å². The number of hydrogen-bond acceptors (Lipinski definition) is 4. The van der Waals surface area contributed by atoms with Gasteiger partial charge in [-0.15, -0.1) is 0 Å². The van der Waals surface area contributed by atoms with E-state index >= 15 is 4.39 Å². The largest absolute Gasteiger partial charge is 0.480 e. The number of carboxylic acid groups (broad SMARTS) is 1. The number of carbonyl (C=O) groups excluding carboxylic acids is 1. The van der Waals surface area contributed by atoms with Crippen LogP contribution in [0.15, 0.2) is 71.6 Å². The summed E-state index contributed by atoms with van der Waals surface area (Å²) in [6.07, 6.45) is 1.72. The monoisotopic (exact) mass is 501 g/mol. The second-order valence-corrected chi connectivity index (χ2v) is 10.6. The van der Waals surface area contributed by atoms with E-state index in [4.69, 9.17) is 11.6 Å². The van der Waals surface area contributed by atoms with Gasteiger partial charge in [0.25, 0.3) is 5.91 Å². The lowest BCUT2D eigenvalue weighted by Gasteiger charge is -2.29. The van der Waals surface area contributed by atoms with Crippen molar-refractivity contribution in [2.24, 2.45) is 0 Å². The molecule has 0 radical (unpaired) electrons. The Kier molecular flexibility index (Phi) is 6.47. The number of nitrogens with zero attached hydrogens (tertiary/aromatic N) is 1. The Morgan fingerprint density at radius 1 is 1.03 bits per heavy atom. The molecular formula is C25H21ClFNO5S. The molecule has 0 aromatic heterocycles. The van der Waals surface area contributed by atoms with Gasteiger partial charge < -0.3 is 10.0 Å².